The number of hydrogen-bond acceptors (Lipinski definition) is 6. The van der Waals surface area contributed by atoms with Gasteiger partial charge >= 0.3 is 17.9 Å². The van der Waals surface area contributed by atoms with Crippen LogP contribution in [0.3, 0.4) is 0 Å². The summed E-state index contributed by atoms with van der Waals surface area (Å²) in [6.45, 7) is 1.33. The lowest BCUT2D eigenvalue weighted by Crippen LogP contribution is -2.39. The largest absolute Gasteiger partial charge is 0.481 e. The van der Waals surface area contributed by atoms with Gasteiger partial charge in [-0.15, -0.1) is 0 Å². The molecule has 0 saturated heterocycles. The molecule has 0 fully saturated rings. The first-order valence-corrected chi connectivity index (χ1v) is 4.46. The maximum atomic E-state index is 9.86. The van der Waals surface area contributed by atoms with Crippen LogP contribution in [-0.2, 0) is 14.4 Å². The molecule has 0 saturated carbocycles. The lowest BCUT2D eigenvalue weighted by molar-refractivity contribution is -0.144. The van der Waals surface area contributed by atoms with Crippen molar-refractivity contribution in [3.8, 4) is 0 Å². The van der Waals surface area contributed by atoms with E-state index in [2.05, 4.69) is 0 Å². The highest BCUT2D eigenvalue weighted by molar-refractivity contribution is 5.80. The summed E-state index contributed by atoms with van der Waals surface area (Å²) in [6.07, 6.45) is -1.51. The van der Waals surface area contributed by atoms with Gasteiger partial charge in [0.15, 0.2) is 0 Å². The van der Waals surface area contributed by atoms with E-state index in [1.165, 1.54) is 6.92 Å². The molecule has 3 unspecified atom stereocenters. The van der Waals surface area contributed by atoms with Crippen molar-refractivity contribution < 1.29 is 34.8 Å². The van der Waals surface area contributed by atoms with Crippen LogP contribution < -0.4 is 11.5 Å². The van der Waals surface area contributed by atoms with Gasteiger partial charge in [0.1, 0.15) is 12.1 Å². The number of carbonyl (C=O) groups is 3. The minimum Gasteiger partial charge on any atom is -0.481 e. The fraction of sp³-hybridized carbons (Fsp3) is 0.625. The molecule has 0 aromatic heterocycles. The number of rotatable bonds is 5. The minimum atomic E-state index is -1.29. The Bertz CT molecular complexity index is 279. The number of nitrogens with two attached hydrogens (primary N) is 2. The maximum absolute atomic E-state index is 9.86. The van der Waals surface area contributed by atoms with Gasteiger partial charge in [-0.25, -0.2) is 0 Å². The van der Waals surface area contributed by atoms with E-state index in [-0.39, 0.29) is 0 Å². The summed E-state index contributed by atoms with van der Waals surface area (Å²) in [4.78, 5) is 29.5. The molecule has 0 aliphatic rings. The van der Waals surface area contributed by atoms with Crippen LogP contribution in [0, 0.1) is 0 Å². The van der Waals surface area contributed by atoms with Crippen molar-refractivity contribution in [2.24, 2.45) is 11.5 Å². The van der Waals surface area contributed by atoms with Crippen molar-refractivity contribution in [2.75, 3.05) is 0 Å². The Kier molecular flexibility index (Phi) is 8.78. The van der Waals surface area contributed by atoms with E-state index in [0.29, 0.717) is 0 Å². The zero-order valence-electron chi connectivity index (χ0n) is 9.11. The van der Waals surface area contributed by atoms with E-state index >= 15 is 0 Å². The second-order valence-corrected chi connectivity index (χ2v) is 3.15. The van der Waals surface area contributed by atoms with Crippen LogP contribution in [0.1, 0.15) is 13.3 Å². The summed E-state index contributed by atoms with van der Waals surface area (Å²) < 4.78 is 0. The first kappa shape index (κ1) is 17.7. The van der Waals surface area contributed by atoms with E-state index in [1.807, 2.05) is 0 Å². The number of aliphatic carboxylic acids is 3. The van der Waals surface area contributed by atoms with Crippen LogP contribution in [-0.4, -0.2) is 56.5 Å². The van der Waals surface area contributed by atoms with Gasteiger partial charge in [-0.3, -0.25) is 14.4 Å². The monoisotopic (exact) mass is 252 g/mol. The smallest absolute Gasteiger partial charge is 0.323 e. The fourth-order valence-electron chi connectivity index (χ4n) is 0.482. The third kappa shape index (κ3) is 10.6. The lowest BCUT2D eigenvalue weighted by atomic mass is 10.2. The average Bonchev–Trinajstić information content (AvgIpc) is 2.15. The van der Waals surface area contributed by atoms with Gasteiger partial charge in [0.2, 0.25) is 0 Å². The van der Waals surface area contributed by atoms with E-state index in [1.54, 1.807) is 0 Å². The van der Waals surface area contributed by atoms with Crippen molar-refractivity contribution in [2.45, 2.75) is 31.5 Å². The number of aliphatic hydroxyl groups excluding tert-OH is 1. The normalized spacial score (nSPS) is 14.8. The predicted molar refractivity (Wildman–Crippen MR) is 55.2 cm³/mol. The zero-order valence-corrected chi connectivity index (χ0v) is 9.11. The molecule has 0 rings (SSSR count). The highest BCUT2D eigenvalue weighted by Crippen LogP contribution is 1.86. The summed E-state index contributed by atoms with van der Waals surface area (Å²) in [6, 6.07) is -2.45. The highest BCUT2D eigenvalue weighted by atomic mass is 16.4. The van der Waals surface area contributed by atoms with E-state index < -0.39 is 42.5 Å². The standard InChI is InChI=1S/C4H7NO4.C4H9NO3/c5-2(4(8)9)1-3(6)7;1-2(6)3(5)4(7)8/h2H,1,5H2,(H,6,7)(H,8,9);2-3,6H,5H2,1H3,(H,7,8). The Hall–Kier alpha value is -1.71. The van der Waals surface area contributed by atoms with Crippen LogP contribution in [0.4, 0.5) is 0 Å². The fourth-order valence-corrected chi connectivity index (χ4v) is 0.482. The molecule has 100 valence electrons. The number of carboxylic acids is 3. The van der Waals surface area contributed by atoms with Crippen molar-refractivity contribution >= 4 is 17.9 Å². The molecule has 0 aliphatic heterocycles. The summed E-state index contributed by atoms with van der Waals surface area (Å²) in [7, 11) is 0. The third-order valence-electron chi connectivity index (χ3n) is 1.52. The van der Waals surface area contributed by atoms with Crippen LogP contribution in [0.2, 0.25) is 0 Å². The Balaban J connectivity index is 0. The third-order valence-corrected chi connectivity index (χ3v) is 1.52. The Morgan fingerprint density at radius 3 is 1.53 bits per heavy atom. The Morgan fingerprint density at radius 2 is 1.47 bits per heavy atom. The van der Waals surface area contributed by atoms with E-state index in [0.717, 1.165) is 0 Å². The first-order chi connectivity index (χ1) is 7.59. The Labute approximate surface area is 96.6 Å². The molecule has 0 radical (unpaired) electrons. The van der Waals surface area contributed by atoms with Crippen molar-refractivity contribution in [3.63, 3.8) is 0 Å². The summed E-state index contributed by atoms with van der Waals surface area (Å²) in [5.74, 6) is -3.68. The molecule has 0 aromatic rings. The molecular formula is C8H16N2O7. The maximum Gasteiger partial charge on any atom is 0.323 e. The number of aliphatic hydroxyl groups is 1. The zero-order chi connectivity index (χ0) is 14.2. The molecule has 0 aromatic carbocycles. The van der Waals surface area contributed by atoms with Gasteiger partial charge in [0.05, 0.1) is 12.5 Å². The molecule has 3 atom stereocenters. The van der Waals surface area contributed by atoms with Crippen LogP contribution >= 0.6 is 0 Å². The van der Waals surface area contributed by atoms with Gasteiger partial charge < -0.3 is 31.9 Å². The van der Waals surface area contributed by atoms with Gasteiger partial charge in [0.25, 0.3) is 0 Å². The molecule has 0 amide bonds. The minimum absolute atomic E-state index is 0.532. The lowest BCUT2D eigenvalue weighted by Gasteiger charge is -2.06. The van der Waals surface area contributed by atoms with Gasteiger partial charge in [-0.2, -0.15) is 0 Å². The molecule has 8 N–H and O–H groups in total. The number of hydrogen-bond donors (Lipinski definition) is 6. The summed E-state index contributed by atoms with van der Waals surface area (Å²) >= 11 is 0. The molecule has 0 heterocycles. The molecule has 9 nitrogen and oxygen atoms in total. The second-order valence-electron chi connectivity index (χ2n) is 3.15. The van der Waals surface area contributed by atoms with E-state index in [9.17, 15) is 14.4 Å². The molecule has 17 heavy (non-hydrogen) atoms. The van der Waals surface area contributed by atoms with Crippen LogP contribution in [0.5, 0.6) is 0 Å². The predicted octanol–water partition coefficient (Wildman–Crippen LogP) is -2.35. The molecule has 9 heteroatoms. The average molecular weight is 252 g/mol. The van der Waals surface area contributed by atoms with E-state index in [4.69, 9.17) is 31.9 Å². The Morgan fingerprint density at radius 1 is 1.06 bits per heavy atom. The molecule has 0 spiro atoms. The van der Waals surface area contributed by atoms with Gasteiger partial charge in [0, 0.05) is 0 Å². The molecular weight excluding hydrogens is 236 g/mol. The van der Waals surface area contributed by atoms with Crippen molar-refractivity contribution in [3.05, 3.63) is 0 Å². The van der Waals surface area contributed by atoms with Gasteiger partial charge in [-0.05, 0) is 6.92 Å². The summed E-state index contributed by atoms with van der Waals surface area (Å²) in [5.41, 5.74) is 9.75. The quantitative estimate of drug-likeness (QED) is 0.311. The SMILES string of the molecule is CC(O)C(N)C(=O)O.NC(CC(=O)O)C(=O)O. The van der Waals surface area contributed by atoms with Crippen LogP contribution in [0.15, 0.2) is 0 Å². The number of carboxylic acid groups (broad SMARTS) is 3. The topological polar surface area (TPSA) is 184 Å². The highest BCUT2D eigenvalue weighted by Gasteiger charge is 2.16. The second kappa shape index (κ2) is 8.44. The summed E-state index contributed by atoms with van der Waals surface area (Å²) in [5, 5.41) is 32.6. The molecule has 0 bridgehead atoms. The van der Waals surface area contributed by atoms with Crippen molar-refractivity contribution in [1.29, 1.82) is 0 Å². The molecule has 0 aliphatic carbocycles. The van der Waals surface area contributed by atoms with Gasteiger partial charge in [-0.1, -0.05) is 0 Å². The first-order valence-electron chi connectivity index (χ1n) is 4.46. The van der Waals surface area contributed by atoms with Crippen LogP contribution in [0.25, 0.3) is 0 Å². The van der Waals surface area contributed by atoms with Crippen molar-refractivity contribution in [1.82, 2.24) is 0 Å².